The largest absolute Gasteiger partial charge is 0.370 e. The maximum absolute atomic E-state index is 6.00. The molecule has 3 rings (SSSR count). The van der Waals surface area contributed by atoms with E-state index in [2.05, 4.69) is 44.0 Å². The number of thiophene rings is 1. The van der Waals surface area contributed by atoms with Gasteiger partial charge in [0.25, 0.3) is 0 Å². The maximum Gasteiger partial charge on any atom is 0.0757 e. The molecule has 1 aliphatic carbocycles. The fraction of sp³-hybridized carbons (Fsp3) is 0.765. The maximum atomic E-state index is 6.00. The van der Waals surface area contributed by atoms with Gasteiger partial charge in [0.2, 0.25) is 0 Å². The number of nitrogens with zero attached hydrogens (tertiary/aromatic N) is 1. The molecule has 1 saturated heterocycles. The number of ether oxygens (including phenoxy) is 1. The minimum atomic E-state index is -0.0298. The van der Waals surface area contributed by atoms with E-state index in [0.717, 1.165) is 32.2 Å². The second-order valence-electron chi connectivity index (χ2n) is 7.31. The molecule has 1 saturated carbocycles. The molecule has 118 valence electrons. The lowest BCUT2D eigenvalue weighted by atomic mass is 10.0. The van der Waals surface area contributed by atoms with Gasteiger partial charge in [0.1, 0.15) is 0 Å². The molecule has 1 unspecified atom stereocenters. The average molecular weight is 308 g/mol. The van der Waals surface area contributed by atoms with Crippen molar-refractivity contribution >= 4 is 11.3 Å². The molecule has 1 aromatic rings. The minimum Gasteiger partial charge on any atom is -0.370 e. The number of hydrogen-bond acceptors (Lipinski definition) is 4. The van der Waals surface area contributed by atoms with Gasteiger partial charge in [-0.15, -0.1) is 11.3 Å². The van der Waals surface area contributed by atoms with Crippen molar-refractivity contribution in [3.8, 4) is 0 Å². The first-order valence-electron chi connectivity index (χ1n) is 8.13. The van der Waals surface area contributed by atoms with E-state index in [4.69, 9.17) is 4.74 Å². The third-order valence-electron chi connectivity index (χ3n) is 4.25. The molecule has 0 amide bonds. The highest BCUT2D eigenvalue weighted by Gasteiger charge is 2.31. The third kappa shape index (κ3) is 4.28. The summed E-state index contributed by atoms with van der Waals surface area (Å²) in [5.74, 6) is 0. The fourth-order valence-electron chi connectivity index (χ4n) is 3.31. The highest BCUT2D eigenvalue weighted by Crippen LogP contribution is 2.27. The van der Waals surface area contributed by atoms with Crippen LogP contribution in [-0.2, 0) is 17.8 Å². The van der Waals surface area contributed by atoms with E-state index in [-0.39, 0.29) is 5.60 Å². The Bertz CT molecular complexity index is 493. The smallest absolute Gasteiger partial charge is 0.0757 e. The van der Waals surface area contributed by atoms with Crippen LogP contribution in [0.2, 0.25) is 0 Å². The van der Waals surface area contributed by atoms with Crippen molar-refractivity contribution in [2.75, 3.05) is 13.1 Å². The highest BCUT2D eigenvalue weighted by molar-refractivity contribution is 7.12. The molecule has 4 heteroatoms. The van der Waals surface area contributed by atoms with Crippen LogP contribution in [0, 0.1) is 6.92 Å². The second-order valence-corrected chi connectivity index (χ2v) is 8.65. The Kier molecular flexibility index (Phi) is 4.42. The van der Waals surface area contributed by atoms with Crippen LogP contribution in [0.1, 0.15) is 48.9 Å². The summed E-state index contributed by atoms with van der Waals surface area (Å²) >= 11 is 1.95. The summed E-state index contributed by atoms with van der Waals surface area (Å²) in [5.41, 5.74) is 1.47. The van der Waals surface area contributed by atoms with Crippen LogP contribution in [0.3, 0.4) is 0 Å². The molecule has 0 aromatic carbocycles. The molecule has 2 heterocycles. The number of rotatable bonds is 5. The second kappa shape index (κ2) is 5.99. The van der Waals surface area contributed by atoms with E-state index >= 15 is 0 Å². The predicted molar refractivity (Wildman–Crippen MR) is 88.8 cm³/mol. The van der Waals surface area contributed by atoms with Crippen LogP contribution in [0.4, 0.5) is 0 Å². The molecule has 0 radical (unpaired) electrons. The molecule has 1 aliphatic heterocycles. The van der Waals surface area contributed by atoms with Gasteiger partial charge in [0, 0.05) is 42.0 Å². The van der Waals surface area contributed by atoms with Crippen LogP contribution in [-0.4, -0.2) is 35.7 Å². The summed E-state index contributed by atoms with van der Waals surface area (Å²) in [6, 6.07) is 3.19. The molecule has 21 heavy (non-hydrogen) atoms. The van der Waals surface area contributed by atoms with Crippen LogP contribution in [0.15, 0.2) is 6.07 Å². The molecule has 1 aromatic heterocycles. The van der Waals surface area contributed by atoms with Crippen molar-refractivity contribution in [3.63, 3.8) is 0 Å². The van der Waals surface area contributed by atoms with Crippen molar-refractivity contribution in [1.82, 2.24) is 10.2 Å². The van der Waals surface area contributed by atoms with E-state index < -0.39 is 0 Å². The van der Waals surface area contributed by atoms with Gasteiger partial charge in [-0.25, -0.2) is 0 Å². The molecular weight excluding hydrogens is 280 g/mol. The molecule has 2 aliphatic rings. The van der Waals surface area contributed by atoms with E-state index in [1.165, 1.54) is 28.2 Å². The summed E-state index contributed by atoms with van der Waals surface area (Å²) in [6.45, 7) is 13.0. The number of aryl methyl sites for hydroxylation is 1. The minimum absolute atomic E-state index is 0.0298. The first-order chi connectivity index (χ1) is 9.91. The van der Waals surface area contributed by atoms with Crippen molar-refractivity contribution in [2.45, 2.75) is 71.4 Å². The van der Waals surface area contributed by atoms with E-state index in [1.807, 2.05) is 11.3 Å². The van der Waals surface area contributed by atoms with Gasteiger partial charge in [0.15, 0.2) is 0 Å². The lowest BCUT2D eigenvalue weighted by Crippen LogP contribution is -2.51. The highest BCUT2D eigenvalue weighted by atomic mass is 32.1. The standard InChI is InChI=1S/C17H28N2OS/c1-12-9-19(11-17(3,4)20-12)10-14-7-16(21-13(14)2)8-18-15-5-6-15/h7,12,15,18H,5-6,8-11H2,1-4H3. The first kappa shape index (κ1) is 15.5. The Balaban J connectivity index is 1.60. The fourth-order valence-corrected chi connectivity index (χ4v) is 4.32. The third-order valence-corrected chi connectivity index (χ3v) is 5.34. The Morgan fingerprint density at radius 3 is 2.86 bits per heavy atom. The number of morpholine rings is 1. The molecule has 3 nitrogen and oxygen atoms in total. The van der Waals surface area contributed by atoms with Gasteiger partial charge >= 0.3 is 0 Å². The molecule has 0 bridgehead atoms. The Hall–Kier alpha value is -0.420. The zero-order chi connectivity index (χ0) is 15.0. The van der Waals surface area contributed by atoms with Gasteiger partial charge in [-0.2, -0.15) is 0 Å². The summed E-state index contributed by atoms with van der Waals surface area (Å²) in [7, 11) is 0. The average Bonchev–Trinajstić information content (AvgIpc) is 3.10. The summed E-state index contributed by atoms with van der Waals surface area (Å²) in [4.78, 5) is 5.50. The molecule has 2 fully saturated rings. The Morgan fingerprint density at radius 1 is 1.43 bits per heavy atom. The Labute approximate surface area is 132 Å². The lowest BCUT2D eigenvalue weighted by Gasteiger charge is -2.41. The monoisotopic (exact) mass is 308 g/mol. The molecule has 1 atom stereocenters. The quantitative estimate of drug-likeness (QED) is 0.903. The predicted octanol–water partition coefficient (Wildman–Crippen LogP) is 3.31. The lowest BCUT2D eigenvalue weighted by molar-refractivity contribution is -0.130. The van der Waals surface area contributed by atoms with Crippen LogP contribution in [0.5, 0.6) is 0 Å². The summed E-state index contributed by atoms with van der Waals surface area (Å²) < 4.78 is 6.00. The van der Waals surface area contributed by atoms with Crippen molar-refractivity contribution in [1.29, 1.82) is 0 Å². The molecule has 0 spiro atoms. The van der Waals surface area contributed by atoms with Crippen LogP contribution in [0.25, 0.3) is 0 Å². The van der Waals surface area contributed by atoms with Crippen LogP contribution >= 0.6 is 11.3 Å². The SMILES string of the molecule is Cc1sc(CNC2CC2)cc1CN1CC(C)OC(C)(C)C1. The number of nitrogens with one attached hydrogen (secondary N) is 1. The van der Waals surface area contributed by atoms with Gasteiger partial charge in [-0.3, -0.25) is 4.90 Å². The van der Waals surface area contributed by atoms with E-state index in [9.17, 15) is 0 Å². The van der Waals surface area contributed by atoms with Crippen molar-refractivity contribution in [2.24, 2.45) is 0 Å². The van der Waals surface area contributed by atoms with Crippen molar-refractivity contribution < 1.29 is 4.74 Å². The zero-order valence-electron chi connectivity index (χ0n) is 13.7. The van der Waals surface area contributed by atoms with Crippen molar-refractivity contribution in [3.05, 3.63) is 21.4 Å². The molecule has 1 N–H and O–H groups in total. The topological polar surface area (TPSA) is 24.5 Å². The van der Waals surface area contributed by atoms with Gasteiger partial charge in [0.05, 0.1) is 11.7 Å². The first-order valence-corrected chi connectivity index (χ1v) is 8.95. The van der Waals surface area contributed by atoms with Gasteiger partial charge in [-0.05, 0) is 52.2 Å². The molecular formula is C17H28N2OS. The summed E-state index contributed by atoms with van der Waals surface area (Å²) in [5, 5.41) is 3.61. The number of hydrogen-bond donors (Lipinski definition) is 1. The van der Waals surface area contributed by atoms with E-state index in [0.29, 0.717) is 6.10 Å². The zero-order valence-corrected chi connectivity index (χ0v) is 14.6. The normalized spacial score (nSPS) is 26.2. The van der Waals surface area contributed by atoms with Crippen LogP contribution < -0.4 is 5.32 Å². The van der Waals surface area contributed by atoms with Gasteiger partial charge < -0.3 is 10.1 Å². The Morgan fingerprint density at radius 2 is 2.19 bits per heavy atom. The van der Waals surface area contributed by atoms with E-state index in [1.54, 1.807) is 0 Å². The summed E-state index contributed by atoms with van der Waals surface area (Å²) in [6.07, 6.45) is 3.04. The van der Waals surface area contributed by atoms with Gasteiger partial charge in [-0.1, -0.05) is 0 Å².